The van der Waals surface area contributed by atoms with Crippen molar-refractivity contribution in [2.75, 3.05) is 13.2 Å². The van der Waals surface area contributed by atoms with Crippen LogP contribution in [0.1, 0.15) is 0 Å². The molecule has 1 aliphatic carbocycles. The summed E-state index contributed by atoms with van der Waals surface area (Å²) in [6.45, 7) is 4.99. The third-order valence-electron chi connectivity index (χ3n) is 1.37. The first-order valence-electron chi connectivity index (χ1n) is 3.47. The van der Waals surface area contributed by atoms with E-state index in [-0.39, 0.29) is 0 Å². The zero-order chi connectivity index (χ0) is 7.23. The molecule has 0 aliphatic heterocycles. The van der Waals surface area contributed by atoms with E-state index in [1.54, 1.807) is 6.08 Å². The second-order valence-electron chi connectivity index (χ2n) is 2.26. The summed E-state index contributed by atoms with van der Waals surface area (Å²) in [5, 5.41) is 0. The molecule has 1 nitrogen and oxygen atoms in total. The summed E-state index contributed by atoms with van der Waals surface area (Å²) in [6, 6.07) is 0. The van der Waals surface area contributed by atoms with Gasteiger partial charge in [-0.3, -0.25) is 0 Å². The molecule has 0 unspecified atom stereocenters. The number of allylic oxidation sites excluding steroid dienone is 2. The summed E-state index contributed by atoms with van der Waals surface area (Å²) in [6.07, 6.45) is 10.1. The van der Waals surface area contributed by atoms with Gasteiger partial charge in [0.1, 0.15) is 0 Å². The third kappa shape index (κ3) is 2.19. The lowest BCUT2D eigenvalue weighted by Gasteiger charge is -2.03. The van der Waals surface area contributed by atoms with Crippen LogP contribution >= 0.6 is 0 Å². The highest BCUT2D eigenvalue weighted by atomic mass is 16.5. The van der Waals surface area contributed by atoms with Gasteiger partial charge >= 0.3 is 0 Å². The first-order chi connectivity index (χ1) is 4.93. The van der Waals surface area contributed by atoms with Crippen molar-refractivity contribution in [3.8, 4) is 0 Å². The molecule has 0 heterocycles. The van der Waals surface area contributed by atoms with Crippen molar-refractivity contribution in [3.05, 3.63) is 37.0 Å². The summed E-state index contributed by atoms with van der Waals surface area (Å²) < 4.78 is 5.25. The summed E-state index contributed by atoms with van der Waals surface area (Å²) in [5.74, 6) is 0.486. The number of hydrogen-bond acceptors (Lipinski definition) is 1. The second-order valence-corrected chi connectivity index (χ2v) is 2.26. The maximum atomic E-state index is 5.25. The van der Waals surface area contributed by atoms with E-state index in [0.29, 0.717) is 12.5 Å². The molecule has 0 aromatic heterocycles. The Bertz CT molecular complexity index is 144. The maximum Gasteiger partial charge on any atom is 0.0645 e. The van der Waals surface area contributed by atoms with E-state index >= 15 is 0 Å². The van der Waals surface area contributed by atoms with Gasteiger partial charge in [0, 0.05) is 5.92 Å². The van der Waals surface area contributed by atoms with Gasteiger partial charge in [0.25, 0.3) is 0 Å². The molecule has 0 atom stereocenters. The minimum Gasteiger partial charge on any atom is -0.376 e. The highest BCUT2D eigenvalue weighted by molar-refractivity contribution is 5.17. The van der Waals surface area contributed by atoms with E-state index in [2.05, 4.69) is 18.7 Å². The topological polar surface area (TPSA) is 9.23 Å². The minimum absolute atomic E-state index is 0.486. The second kappa shape index (κ2) is 4.07. The van der Waals surface area contributed by atoms with Crippen LogP contribution < -0.4 is 0 Å². The van der Waals surface area contributed by atoms with Crippen LogP contribution in [0.15, 0.2) is 37.0 Å². The van der Waals surface area contributed by atoms with Crippen molar-refractivity contribution >= 4 is 0 Å². The molecule has 0 aromatic carbocycles. The van der Waals surface area contributed by atoms with Gasteiger partial charge in [-0.1, -0.05) is 30.4 Å². The molecule has 0 saturated carbocycles. The van der Waals surface area contributed by atoms with Crippen LogP contribution in [-0.4, -0.2) is 13.2 Å². The molecular weight excluding hydrogens is 124 g/mol. The van der Waals surface area contributed by atoms with Crippen LogP contribution in [0.5, 0.6) is 0 Å². The van der Waals surface area contributed by atoms with E-state index in [1.165, 1.54) is 0 Å². The molecule has 0 amide bonds. The largest absolute Gasteiger partial charge is 0.376 e. The van der Waals surface area contributed by atoms with Gasteiger partial charge in [0.2, 0.25) is 0 Å². The van der Waals surface area contributed by atoms with Gasteiger partial charge in [-0.2, -0.15) is 0 Å². The highest BCUT2D eigenvalue weighted by Crippen LogP contribution is 2.08. The van der Waals surface area contributed by atoms with Crippen LogP contribution in [0.4, 0.5) is 0 Å². The molecular formula is C9H12O. The monoisotopic (exact) mass is 136 g/mol. The average molecular weight is 136 g/mol. The highest BCUT2D eigenvalue weighted by Gasteiger charge is 2.01. The molecule has 0 fully saturated rings. The predicted octanol–water partition coefficient (Wildman–Crippen LogP) is 1.93. The lowest BCUT2D eigenvalue weighted by Crippen LogP contribution is -2.02. The molecule has 1 rings (SSSR count). The predicted molar refractivity (Wildman–Crippen MR) is 42.8 cm³/mol. The zero-order valence-corrected chi connectivity index (χ0v) is 5.99. The van der Waals surface area contributed by atoms with Crippen molar-refractivity contribution < 1.29 is 4.74 Å². The molecule has 0 N–H and O–H groups in total. The fourth-order valence-electron chi connectivity index (χ4n) is 0.876. The standard InChI is InChI=1S/C9H12O/c1-2-7-10-8-9-5-3-4-6-9/h2-6,9H,1,7-8H2. The first-order valence-corrected chi connectivity index (χ1v) is 3.47. The van der Waals surface area contributed by atoms with Crippen molar-refractivity contribution in [3.63, 3.8) is 0 Å². The Kier molecular flexibility index (Phi) is 2.97. The minimum atomic E-state index is 0.486. The smallest absolute Gasteiger partial charge is 0.0645 e. The Hall–Kier alpha value is -0.820. The Morgan fingerprint density at radius 3 is 2.70 bits per heavy atom. The molecule has 54 valence electrons. The molecule has 0 spiro atoms. The van der Waals surface area contributed by atoms with Crippen LogP contribution in [0, 0.1) is 5.92 Å². The van der Waals surface area contributed by atoms with Gasteiger partial charge < -0.3 is 4.74 Å². The molecule has 0 radical (unpaired) electrons. The van der Waals surface area contributed by atoms with E-state index in [0.717, 1.165) is 6.61 Å². The van der Waals surface area contributed by atoms with Gasteiger partial charge in [0.15, 0.2) is 0 Å². The average Bonchev–Trinajstić information content (AvgIpc) is 2.41. The quantitative estimate of drug-likeness (QED) is 0.424. The van der Waals surface area contributed by atoms with E-state index < -0.39 is 0 Å². The molecule has 0 bridgehead atoms. The Morgan fingerprint density at radius 2 is 2.10 bits per heavy atom. The number of ether oxygens (including phenoxy) is 1. The van der Waals surface area contributed by atoms with E-state index in [1.807, 2.05) is 12.2 Å². The Labute approximate surface area is 61.7 Å². The lowest BCUT2D eigenvalue weighted by atomic mass is 10.2. The van der Waals surface area contributed by atoms with Gasteiger partial charge in [0.05, 0.1) is 13.2 Å². The Balaban J connectivity index is 2.08. The van der Waals surface area contributed by atoms with E-state index in [4.69, 9.17) is 4.74 Å². The summed E-state index contributed by atoms with van der Waals surface area (Å²) in [7, 11) is 0. The van der Waals surface area contributed by atoms with E-state index in [9.17, 15) is 0 Å². The molecule has 0 aromatic rings. The number of hydrogen-bond donors (Lipinski definition) is 0. The van der Waals surface area contributed by atoms with Gasteiger partial charge in [-0.15, -0.1) is 6.58 Å². The van der Waals surface area contributed by atoms with Crippen LogP contribution in [0.3, 0.4) is 0 Å². The fourth-order valence-corrected chi connectivity index (χ4v) is 0.876. The van der Waals surface area contributed by atoms with Crippen LogP contribution in [0.2, 0.25) is 0 Å². The first kappa shape index (κ1) is 7.29. The summed E-state index contributed by atoms with van der Waals surface area (Å²) in [4.78, 5) is 0. The Morgan fingerprint density at radius 1 is 1.40 bits per heavy atom. The summed E-state index contributed by atoms with van der Waals surface area (Å²) >= 11 is 0. The fraction of sp³-hybridized carbons (Fsp3) is 0.333. The molecule has 10 heavy (non-hydrogen) atoms. The van der Waals surface area contributed by atoms with Gasteiger partial charge in [-0.25, -0.2) is 0 Å². The normalized spacial score (nSPS) is 16.4. The van der Waals surface area contributed by atoms with Gasteiger partial charge in [-0.05, 0) is 0 Å². The SMILES string of the molecule is C=CCOCC1C=CC=C1. The van der Waals surface area contributed by atoms with Crippen molar-refractivity contribution in [2.45, 2.75) is 0 Å². The van der Waals surface area contributed by atoms with Crippen molar-refractivity contribution in [1.82, 2.24) is 0 Å². The molecule has 0 saturated heterocycles. The van der Waals surface area contributed by atoms with Crippen molar-refractivity contribution in [2.24, 2.45) is 5.92 Å². The van der Waals surface area contributed by atoms with Crippen molar-refractivity contribution in [1.29, 1.82) is 0 Å². The summed E-state index contributed by atoms with van der Waals surface area (Å²) in [5.41, 5.74) is 0. The van der Waals surface area contributed by atoms with Crippen LogP contribution in [-0.2, 0) is 4.74 Å². The molecule has 1 aliphatic rings. The zero-order valence-electron chi connectivity index (χ0n) is 5.99. The lowest BCUT2D eigenvalue weighted by molar-refractivity contribution is 0.150. The third-order valence-corrected chi connectivity index (χ3v) is 1.37. The maximum absolute atomic E-state index is 5.25. The van der Waals surface area contributed by atoms with Crippen LogP contribution in [0.25, 0.3) is 0 Å². The molecule has 1 heteroatoms. The number of rotatable bonds is 4.